The summed E-state index contributed by atoms with van der Waals surface area (Å²) in [6.45, 7) is 2.27. The van der Waals surface area contributed by atoms with Crippen molar-refractivity contribution >= 4 is 63.7 Å². The Morgan fingerprint density at radius 3 is 2.04 bits per heavy atom. The number of aromatic nitrogens is 2. The van der Waals surface area contributed by atoms with E-state index in [9.17, 15) is 31.1 Å². The molecule has 48 heavy (non-hydrogen) atoms. The van der Waals surface area contributed by atoms with Crippen molar-refractivity contribution in [1.82, 2.24) is 15.3 Å². The quantitative estimate of drug-likeness (QED) is 0.108. The third-order valence-corrected chi connectivity index (χ3v) is 7.08. The highest BCUT2D eigenvalue weighted by atomic mass is 35.5. The van der Waals surface area contributed by atoms with Crippen LogP contribution in [0.25, 0.3) is 10.9 Å². The Morgan fingerprint density at radius 1 is 0.917 bits per heavy atom. The molecular formula is C28H29Cl2F6N7O5. The summed E-state index contributed by atoms with van der Waals surface area (Å²) in [5, 5.41) is 22.3. The average Bonchev–Trinajstić information content (AvgIpc) is 2.98. The van der Waals surface area contributed by atoms with Crippen LogP contribution in [-0.2, 0) is 16.1 Å². The van der Waals surface area contributed by atoms with Crippen LogP contribution in [0.15, 0.2) is 41.4 Å². The molecule has 1 aliphatic carbocycles. The highest BCUT2D eigenvalue weighted by Gasteiger charge is 2.39. The number of fused-ring (bicyclic) bond motifs is 1. The molecule has 2 unspecified atom stereocenters. The molecule has 262 valence electrons. The Hall–Kier alpha value is -4.58. The number of carboxylic acid groups (broad SMARTS) is 2. The summed E-state index contributed by atoms with van der Waals surface area (Å²) in [7, 11) is 0. The minimum Gasteiger partial charge on any atom is -0.475 e. The van der Waals surface area contributed by atoms with Crippen LogP contribution in [0.2, 0.25) is 10.0 Å². The fraction of sp³-hybridized carbons (Fsp3) is 0.357. The minimum absolute atomic E-state index is 0.00147. The Balaban J connectivity index is 0.000000479. The molecule has 1 aliphatic rings. The number of aryl methyl sites for hydroxylation is 1. The van der Waals surface area contributed by atoms with Crippen molar-refractivity contribution in [3.8, 4) is 0 Å². The van der Waals surface area contributed by atoms with Crippen LogP contribution in [0.1, 0.15) is 47.4 Å². The van der Waals surface area contributed by atoms with E-state index >= 15 is 0 Å². The second-order valence-electron chi connectivity index (χ2n) is 10.1. The van der Waals surface area contributed by atoms with Crippen LogP contribution in [0.3, 0.4) is 0 Å². The van der Waals surface area contributed by atoms with Crippen LogP contribution in [-0.4, -0.2) is 68.4 Å². The lowest BCUT2D eigenvalue weighted by atomic mass is 9.90. The van der Waals surface area contributed by atoms with E-state index in [2.05, 4.69) is 25.6 Å². The third-order valence-electron chi connectivity index (χ3n) is 6.34. The third kappa shape index (κ3) is 12.6. The van der Waals surface area contributed by atoms with Gasteiger partial charge >= 0.3 is 24.3 Å². The van der Waals surface area contributed by atoms with E-state index in [-0.39, 0.29) is 36.3 Å². The summed E-state index contributed by atoms with van der Waals surface area (Å²) in [4.78, 5) is 44.3. The molecule has 2 aromatic carbocycles. The maximum absolute atomic E-state index is 13.0. The Labute approximate surface area is 278 Å². The van der Waals surface area contributed by atoms with Gasteiger partial charge in [-0.3, -0.25) is 4.79 Å². The number of benzene rings is 2. The van der Waals surface area contributed by atoms with Crippen LogP contribution < -0.4 is 22.1 Å². The fourth-order valence-corrected chi connectivity index (χ4v) is 4.49. The van der Waals surface area contributed by atoms with Gasteiger partial charge in [0.2, 0.25) is 5.82 Å². The number of anilines is 1. The molecule has 1 heterocycles. The maximum Gasteiger partial charge on any atom is 0.490 e. The predicted octanol–water partition coefficient (Wildman–Crippen LogP) is 5.44. The molecule has 1 fully saturated rings. The number of carbonyl (C=O) groups is 3. The molecule has 1 amide bonds. The highest BCUT2D eigenvalue weighted by Crippen LogP contribution is 2.28. The SMILES string of the molecule is Cc1ccc2nc(C(=O)NCc3ccc(Cl)c(Cl)c3)nc(NC3CCCCC3N=C(N)N)c2c1.O=C(O)C(F)(F)F.O=C(O)C(F)(F)F. The molecule has 0 spiro atoms. The second kappa shape index (κ2) is 17.0. The molecular weight excluding hydrogens is 699 g/mol. The van der Waals surface area contributed by atoms with Crippen molar-refractivity contribution in [3.05, 3.63) is 63.4 Å². The number of hydrogen-bond acceptors (Lipinski definition) is 7. The van der Waals surface area contributed by atoms with Crippen molar-refractivity contribution in [1.29, 1.82) is 0 Å². The highest BCUT2D eigenvalue weighted by molar-refractivity contribution is 6.42. The van der Waals surface area contributed by atoms with E-state index in [1.54, 1.807) is 18.2 Å². The van der Waals surface area contributed by atoms with E-state index < -0.39 is 24.3 Å². The number of hydrogen-bond donors (Lipinski definition) is 6. The molecule has 8 N–H and O–H groups in total. The molecule has 12 nitrogen and oxygen atoms in total. The lowest BCUT2D eigenvalue weighted by molar-refractivity contribution is -0.193. The second-order valence-corrected chi connectivity index (χ2v) is 10.9. The van der Waals surface area contributed by atoms with Gasteiger partial charge in [-0.05, 0) is 49.6 Å². The first-order chi connectivity index (χ1) is 22.2. The maximum atomic E-state index is 13.0. The molecule has 0 bridgehead atoms. The topological polar surface area (TPSA) is 206 Å². The first kappa shape index (κ1) is 39.6. The van der Waals surface area contributed by atoms with Gasteiger partial charge in [0.25, 0.3) is 5.91 Å². The standard InChI is InChI=1S/C24H27Cl2N7O.2C2HF3O2/c1-13-6-9-18-15(10-13)21(31-19-4-2-3-5-20(19)32-24(27)28)33-22(30-18)23(34)29-12-14-7-8-16(25)17(26)11-14;2*3-2(4,5)1(6)7/h6-11,19-20H,2-5,12H2,1H3,(H,29,34)(H4,27,28,32)(H,30,31,33);2*(H,6,7). The summed E-state index contributed by atoms with van der Waals surface area (Å²) in [5.41, 5.74) is 13.9. The zero-order chi connectivity index (χ0) is 36.4. The molecule has 3 aromatic rings. The average molecular weight is 728 g/mol. The van der Waals surface area contributed by atoms with Crippen molar-refractivity contribution in [2.45, 2.75) is 63.6 Å². The molecule has 4 rings (SSSR count). The molecule has 0 aliphatic heterocycles. The molecule has 1 aromatic heterocycles. The summed E-state index contributed by atoms with van der Waals surface area (Å²) < 4.78 is 63.5. The number of aliphatic imine (C=N–C) groups is 1. The zero-order valence-electron chi connectivity index (χ0n) is 24.8. The first-order valence-electron chi connectivity index (χ1n) is 13.6. The number of alkyl halides is 6. The Bertz CT molecular complexity index is 1630. The number of nitrogens with two attached hydrogens (primary N) is 2. The van der Waals surface area contributed by atoms with Gasteiger partial charge in [0.05, 0.1) is 27.6 Å². The van der Waals surface area contributed by atoms with Gasteiger partial charge in [0, 0.05) is 11.9 Å². The minimum atomic E-state index is -5.08. The van der Waals surface area contributed by atoms with Crippen LogP contribution >= 0.6 is 23.2 Å². The normalized spacial score (nSPS) is 15.9. The van der Waals surface area contributed by atoms with Gasteiger partial charge in [-0.25, -0.2) is 24.5 Å². The lowest BCUT2D eigenvalue weighted by Crippen LogP contribution is -2.38. The first-order valence-corrected chi connectivity index (χ1v) is 14.4. The Morgan fingerprint density at radius 2 is 1.50 bits per heavy atom. The number of aliphatic carboxylic acids is 2. The van der Waals surface area contributed by atoms with E-state index in [0.717, 1.165) is 42.2 Å². The molecule has 1 saturated carbocycles. The summed E-state index contributed by atoms with van der Waals surface area (Å²) >= 11 is 12.1. The summed E-state index contributed by atoms with van der Waals surface area (Å²) in [6, 6.07) is 11.0. The number of nitrogens with one attached hydrogen (secondary N) is 2. The number of guanidine groups is 1. The number of nitrogens with zero attached hydrogens (tertiary/aromatic N) is 3. The number of rotatable bonds is 6. The molecule has 20 heteroatoms. The van der Waals surface area contributed by atoms with Crippen molar-refractivity contribution in [2.75, 3.05) is 5.32 Å². The number of carboxylic acids is 2. The predicted molar refractivity (Wildman–Crippen MR) is 165 cm³/mol. The molecule has 0 radical (unpaired) electrons. The van der Waals surface area contributed by atoms with Crippen molar-refractivity contribution < 1.29 is 50.9 Å². The molecule has 2 atom stereocenters. The van der Waals surface area contributed by atoms with Gasteiger partial charge in [0.15, 0.2) is 5.96 Å². The molecule has 0 saturated heterocycles. The largest absolute Gasteiger partial charge is 0.490 e. The number of amides is 1. The fourth-order valence-electron chi connectivity index (χ4n) is 4.17. The van der Waals surface area contributed by atoms with Crippen molar-refractivity contribution in [3.63, 3.8) is 0 Å². The summed E-state index contributed by atoms with van der Waals surface area (Å²) in [6.07, 6.45) is -6.26. The van der Waals surface area contributed by atoms with Gasteiger partial charge in [-0.2, -0.15) is 26.3 Å². The smallest absolute Gasteiger partial charge is 0.475 e. The number of halogens is 8. The van der Waals surface area contributed by atoms with Crippen LogP contribution in [0, 0.1) is 6.92 Å². The summed E-state index contributed by atoms with van der Waals surface area (Å²) in [5.74, 6) is -5.16. The van der Waals surface area contributed by atoms with Crippen molar-refractivity contribution in [2.24, 2.45) is 16.5 Å². The lowest BCUT2D eigenvalue weighted by Gasteiger charge is -2.30. The van der Waals surface area contributed by atoms with Gasteiger partial charge in [-0.1, -0.05) is 53.7 Å². The van der Waals surface area contributed by atoms with Gasteiger partial charge in [0.1, 0.15) is 5.82 Å². The van der Waals surface area contributed by atoms with Crippen LogP contribution in [0.4, 0.5) is 32.2 Å². The number of carbonyl (C=O) groups excluding carboxylic acids is 1. The van der Waals surface area contributed by atoms with E-state index in [0.29, 0.717) is 21.4 Å². The zero-order valence-corrected chi connectivity index (χ0v) is 26.3. The van der Waals surface area contributed by atoms with Gasteiger partial charge in [-0.15, -0.1) is 0 Å². The van der Waals surface area contributed by atoms with Crippen LogP contribution in [0.5, 0.6) is 0 Å². The van der Waals surface area contributed by atoms with E-state index in [4.69, 9.17) is 54.5 Å². The Kier molecular flexibility index (Phi) is 14.0. The van der Waals surface area contributed by atoms with E-state index in [1.807, 2.05) is 25.1 Å². The van der Waals surface area contributed by atoms with Gasteiger partial charge < -0.3 is 32.3 Å². The monoisotopic (exact) mass is 727 g/mol. The van der Waals surface area contributed by atoms with E-state index in [1.165, 1.54) is 0 Å².